The fourth-order valence-electron chi connectivity index (χ4n) is 2.25. The van der Waals surface area contributed by atoms with Crippen molar-refractivity contribution in [3.05, 3.63) is 58.6 Å². The summed E-state index contributed by atoms with van der Waals surface area (Å²) >= 11 is 6.38. The molecule has 2 aromatic rings. The van der Waals surface area contributed by atoms with Crippen LogP contribution in [0, 0.1) is 0 Å². The van der Waals surface area contributed by atoms with Gasteiger partial charge in [-0.25, -0.2) is 0 Å². The first kappa shape index (κ1) is 20.6. The zero-order valence-corrected chi connectivity index (χ0v) is 15.8. The van der Waals surface area contributed by atoms with Crippen molar-refractivity contribution in [2.24, 2.45) is 0 Å². The van der Waals surface area contributed by atoms with Crippen LogP contribution in [0.5, 0.6) is 11.5 Å². The van der Waals surface area contributed by atoms with Crippen molar-refractivity contribution >= 4 is 24.0 Å². The molecular formula is C19H25Cl2NO2. The van der Waals surface area contributed by atoms with E-state index in [2.05, 4.69) is 12.2 Å². The summed E-state index contributed by atoms with van der Waals surface area (Å²) in [7, 11) is 1.65. The van der Waals surface area contributed by atoms with Crippen LogP contribution in [0.4, 0.5) is 0 Å². The minimum atomic E-state index is 0. The largest absolute Gasteiger partial charge is 0.493 e. The molecule has 0 aliphatic heterocycles. The minimum Gasteiger partial charge on any atom is -0.493 e. The molecule has 24 heavy (non-hydrogen) atoms. The number of hydrogen-bond acceptors (Lipinski definition) is 3. The van der Waals surface area contributed by atoms with Crippen molar-refractivity contribution in [2.45, 2.75) is 32.9 Å². The van der Waals surface area contributed by atoms with Gasteiger partial charge in [-0.1, -0.05) is 55.3 Å². The summed E-state index contributed by atoms with van der Waals surface area (Å²) in [6.45, 7) is 4.38. The maximum Gasteiger partial charge on any atom is 0.163 e. The Balaban J connectivity index is 0.00000288. The van der Waals surface area contributed by atoms with E-state index in [4.69, 9.17) is 21.1 Å². The Bertz CT molecular complexity index is 606. The van der Waals surface area contributed by atoms with Gasteiger partial charge in [0.1, 0.15) is 6.61 Å². The first-order valence-electron chi connectivity index (χ1n) is 7.98. The summed E-state index contributed by atoms with van der Waals surface area (Å²) < 4.78 is 11.3. The molecular weight excluding hydrogens is 345 g/mol. The molecule has 0 saturated carbocycles. The number of benzene rings is 2. The lowest BCUT2D eigenvalue weighted by molar-refractivity contribution is 0.284. The monoisotopic (exact) mass is 369 g/mol. The number of hydrogen-bond donors (Lipinski definition) is 1. The summed E-state index contributed by atoms with van der Waals surface area (Å²) in [5.74, 6) is 1.37. The number of rotatable bonds is 9. The van der Waals surface area contributed by atoms with E-state index in [9.17, 15) is 0 Å². The Morgan fingerprint density at radius 1 is 1.08 bits per heavy atom. The van der Waals surface area contributed by atoms with Crippen LogP contribution in [0.2, 0.25) is 5.02 Å². The highest BCUT2D eigenvalue weighted by molar-refractivity contribution is 6.31. The van der Waals surface area contributed by atoms with Gasteiger partial charge in [0, 0.05) is 17.6 Å². The molecule has 0 bridgehead atoms. The van der Waals surface area contributed by atoms with E-state index in [1.54, 1.807) is 7.11 Å². The highest BCUT2D eigenvalue weighted by Gasteiger charge is 2.10. The highest BCUT2D eigenvalue weighted by Crippen LogP contribution is 2.33. The summed E-state index contributed by atoms with van der Waals surface area (Å²) in [5, 5.41) is 4.08. The Hall–Kier alpha value is -1.42. The van der Waals surface area contributed by atoms with Gasteiger partial charge in [0.2, 0.25) is 0 Å². The molecule has 0 atom stereocenters. The van der Waals surface area contributed by atoms with E-state index in [0.717, 1.165) is 30.6 Å². The summed E-state index contributed by atoms with van der Waals surface area (Å²) in [6, 6.07) is 13.8. The Morgan fingerprint density at radius 3 is 2.50 bits per heavy atom. The van der Waals surface area contributed by atoms with Gasteiger partial charge >= 0.3 is 0 Å². The maximum atomic E-state index is 6.38. The Labute approximate surface area is 155 Å². The zero-order chi connectivity index (χ0) is 16.5. The second-order valence-electron chi connectivity index (χ2n) is 5.40. The molecule has 0 radical (unpaired) electrons. The topological polar surface area (TPSA) is 30.5 Å². The zero-order valence-electron chi connectivity index (χ0n) is 14.2. The van der Waals surface area contributed by atoms with Crippen LogP contribution in [0.1, 0.15) is 30.9 Å². The molecule has 0 saturated heterocycles. The van der Waals surface area contributed by atoms with Gasteiger partial charge in [-0.2, -0.15) is 0 Å². The van der Waals surface area contributed by atoms with Gasteiger partial charge in [-0.15, -0.1) is 12.4 Å². The smallest absolute Gasteiger partial charge is 0.163 e. The normalized spacial score (nSPS) is 10.1. The molecule has 3 nitrogen and oxygen atoms in total. The standard InChI is InChI=1S/C19H24ClNO2.ClH/c1-3-4-10-21-13-16-11-18(22-2)19(12-17(16)20)23-14-15-8-6-5-7-9-15;/h5-9,11-12,21H,3-4,10,13-14H2,1-2H3;1H. The van der Waals surface area contributed by atoms with Gasteiger partial charge < -0.3 is 14.8 Å². The third-order valence-electron chi connectivity index (χ3n) is 3.59. The van der Waals surface area contributed by atoms with Crippen molar-refractivity contribution in [2.75, 3.05) is 13.7 Å². The van der Waals surface area contributed by atoms with Crippen LogP contribution >= 0.6 is 24.0 Å². The Morgan fingerprint density at radius 2 is 1.83 bits per heavy atom. The lowest BCUT2D eigenvalue weighted by Gasteiger charge is -2.14. The molecule has 132 valence electrons. The van der Waals surface area contributed by atoms with Crippen LogP contribution in [0.3, 0.4) is 0 Å². The van der Waals surface area contributed by atoms with Gasteiger partial charge in [0.25, 0.3) is 0 Å². The van der Waals surface area contributed by atoms with Crippen LogP contribution in [0.15, 0.2) is 42.5 Å². The van der Waals surface area contributed by atoms with E-state index >= 15 is 0 Å². The van der Waals surface area contributed by atoms with Crippen LogP contribution < -0.4 is 14.8 Å². The molecule has 0 aromatic heterocycles. The molecule has 0 unspecified atom stereocenters. The second-order valence-corrected chi connectivity index (χ2v) is 5.81. The lowest BCUT2D eigenvalue weighted by Crippen LogP contribution is -2.14. The highest BCUT2D eigenvalue weighted by atomic mass is 35.5. The molecule has 0 fully saturated rings. The van der Waals surface area contributed by atoms with Gasteiger partial charge in [-0.3, -0.25) is 0 Å². The number of halogens is 2. The molecule has 0 spiro atoms. The SMILES string of the molecule is CCCCNCc1cc(OC)c(OCc2ccccc2)cc1Cl.Cl. The van der Waals surface area contributed by atoms with Crippen LogP contribution in [0.25, 0.3) is 0 Å². The van der Waals surface area contributed by atoms with E-state index in [1.807, 2.05) is 42.5 Å². The molecule has 1 N–H and O–H groups in total. The summed E-state index contributed by atoms with van der Waals surface area (Å²) in [5.41, 5.74) is 2.13. The fourth-order valence-corrected chi connectivity index (χ4v) is 2.47. The second kappa shape index (κ2) is 11.2. The number of ether oxygens (including phenoxy) is 2. The lowest BCUT2D eigenvalue weighted by atomic mass is 10.2. The van der Waals surface area contributed by atoms with E-state index in [1.165, 1.54) is 6.42 Å². The molecule has 0 heterocycles. The van der Waals surface area contributed by atoms with Crippen LogP contribution in [-0.2, 0) is 13.2 Å². The molecule has 0 aliphatic rings. The van der Waals surface area contributed by atoms with E-state index in [-0.39, 0.29) is 12.4 Å². The number of methoxy groups -OCH3 is 1. The summed E-state index contributed by atoms with van der Waals surface area (Å²) in [6.07, 6.45) is 2.34. The molecule has 2 aromatic carbocycles. The van der Waals surface area contributed by atoms with Crippen molar-refractivity contribution in [3.8, 4) is 11.5 Å². The number of nitrogens with one attached hydrogen (secondary N) is 1. The molecule has 0 amide bonds. The number of unbranched alkanes of at least 4 members (excludes halogenated alkanes) is 1. The van der Waals surface area contributed by atoms with Crippen molar-refractivity contribution in [3.63, 3.8) is 0 Å². The van der Waals surface area contributed by atoms with E-state index < -0.39 is 0 Å². The average molecular weight is 370 g/mol. The van der Waals surface area contributed by atoms with Crippen molar-refractivity contribution in [1.82, 2.24) is 5.32 Å². The van der Waals surface area contributed by atoms with Crippen molar-refractivity contribution in [1.29, 1.82) is 0 Å². The first-order valence-corrected chi connectivity index (χ1v) is 8.36. The maximum absolute atomic E-state index is 6.38. The minimum absolute atomic E-state index is 0. The fraction of sp³-hybridized carbons (Fsp3) is 0.368. The molecule has 5 heteroatoms. The van der Waals surface area contributed by atoms with Gasteiger partial charge in [0.15, 0.2) is 11.5 Å². The predicted molar refractivity (Wildman–Crippen MR) is 103 cm³/mol. The van der Waals surface area contributed by atoms with Crippen molar-refractivity contribution < 1.29 is 9.47 Å². The molecule has 0 aliphatic carbocycles. The quantitative estimate of drug-likeness (QED) is 0.613. The van der Waals surface area contributed by atoms with Gasteiger partial charge in [0.05, 0.1) is 7.11 Å². The predicted octanol–water partition coefficient (Wildman–Crippen LogP) is 5.24. The average Bonchev–Trinajstić information content (AvgIpc) is 2.59. The van der Waals surface area contributed by atoms with Gasteiger partial charge in [-0.05, 0) is 30.2 Å². The first-order chi connectivity index (χ1) is 11.2. The van der Waals surface area contributed by atoms with Crippen LogP contribution in [-0.4, -0.2) is 13.7 Å². The third kappa shape index (κ3) is 6.23. The Kier molecular flexibility index (Phi) is 9.62. The third-order valence-corrected chi connectivity index (χ3v) is 3.94. The summed E-state index contributed by atoms with van der Waals surface area (Å²) in [4.78, 5) is 0. The van der Waals surface area contributed by atoms with E-state index in [0.29, 0.717) is 23.1 Å². The molecule has 2 rings (SSSR count).